The van der Waals surface area contributed by atoms with E-state index in [2.05, 4.69) is 22.6 Å². The van der Waals surface area contributed by atoms with Gasteiger partial charge in [-0.3, -0.25) is 0 Å². The first-order valence-corrected chi connectivity index (χ1v) is 6.65. The molecule has 0 fully saturated rings. The van der Waals surface area contributed by atoms with Crippen molar-refractivity contribution in [2.75, 3.05) is 31.6 Å². The van der Waals surface area contributed by atoms with Crippen molar-refractivity contribution in [1.82, 2.24) is 10.6 Å². The number of likely N-dealkylation sites (N-methyl/N-ethyl adjacent to an activating group) is 1. The number of anilines is 1. The van der Waals surface area contributed by atoms with Crippen LogP contribution in [-0.2, 0) is 6.42 Å². The molecule has 3 N–H and O–H groups in total. The summed E-state index contributed by atoms with van der Waals surface area (Å²) in [4.78, 5) is 13.5. The van der Waals surface area contributed by atoms with Crippen molar-refractivity contribution in [2.24, 2.45) is 0 Å². The highest BCUT2D eigenvalue weighted by atomic mass is 16.3. The van der Waals surface area contributed by atoms with Gasteiger partial charge in [-0.2, -0.15) is 0 Å². The van der Waals surface area contributed by atoms with Crippen LogP contribution in [0.5, 0.6) is 0 Å². The molecule has 1 aliphatic heterocycles. The third-order valence-corrected chi connectivity index (χ3v) is 3.41. The van der Waals surface area contributed by atoms with Gasteiger partial charge in [0.25, 0.3) is 0 Å². The molecule has 1 aliphatic rings. The number of hydrogen-bond donors (Lipinski definition) is 3. The predicted octanol–water partition coefficient (Wildman–Crippen LogP) is 1.03. The molecule has 2 rings (SSSR count). The quantitative estimate of drug-likeness (QED) is 0.760. The molecule has 1 heterocycles. The van der Waals surface area contributed by atoms with Crippen LogP contribution in [0, 0.1) is 0 Å². The average Bonchev–Trinajstić information content (AvgIpc) is 2.77. The molecule has 0 aromatic heterocycles. The molecule has 0 bridgehead atoms. The average molecular weight is 263 g/mol. The number of fused-ring (bicyclic) bond motifs is 1. The van der Waals surface area contributed by atoms with Gasteiger partial charge in [-0.25, -0.2) is 4.79 Å². The van der Waals surface area contributed by atoms with Crippen molar-refractivity contribution < 1.29 is 9.90 Å². The summed E-state index contributed by atoms with van der Waals surface area (Å²) in [6.45, 7) is 3.67. The number of hydrogen-bond acceptors (Lipinski definition) is 3. The lowest BCUT2D eigenvalue weighted by molar-refractivity contribution is 0.173. The van der Waals surface area contributed by atoms with Crippen LogP contribution >= 0.6 is 0 Å². The van der Waals surface area contributed by atoms with Gasteiger partial charge in [-0.1, -0.05) is 12.1 Å². The summed E-state index contributed by atoms with van der Waals surface area (Å²) in [5, 5.41) is 15.4. The van der Waals surface area contributed by atoms with Gasteiger partial charge >= 0.3 is 6.03 Å². The van der Waals surface area contributed by atoms with Gasteiger partial charge in [-0.15, -0.1) is 0 Å². The normalized spacial score (nSPS) is 15.0. The zero-order valence-electron chi connectivity index (χ0n) is 11.4. The second-order valence-corrected chi connectivity index (χ2v) is 4.82. The number of rotatable bonds is 4. The SMILES string of the molecule is CCNC(=O)NC[C@H](O)c1ccc2c(c1)CCN2C. The van der Waals surface area contributed by atoms with Crippen LogP contribution in [0.25, 0.3) is 0 Å². The molecule has 0 radical (unpaired) electrons. The lowest BCUT2D eigenvalue weighted by atomic mass is 10.0. The minimum Gasteiger partial charge on any atom is -0.387 e. The fourth-order valence-corrected chi connectivity index (χ4v) is 2.32. The van der Waals surface area contributed by atoms with Gasteiger partial charge in [0.05, 0.1) is 6.10 Å². The Kier molecular flexibility index (Phi) is 4.27. The van der Waals surface area contributed by atoms with Gasteiger partial charge in [0.15, 0.2) is 0 Å². The Morgan fingerprint density at radius 3 is 3.00 bits per heavy atom. The van der Waals surface area contributed by atoms with Crippen LogP contribution in [0.3, 0.4) is 0 Å². The van der Waals surface area contributed by atoms with Crippen molar-refractivity contribution in [3.63, 3.8) is 0 Å². The topological polar surface area (TPSA) is 64.6 Å². The van der Waals surface area contributed by atoms with E-state index in [1.165, 1.54) is 11.3 Å². The molecule has 5 nitrogen and oxygen atoms in total. The van der Waals surface area contributed by atoms with E-state index < -0.39 is 6.10 Å². The molecular weight excluding hydrogens is 242 g/mol. The van der Waals surface area contributed by atoms with E-state index in [0.717, 1.165) is 18.5 Å². The Balaban J connectivity index is 1.96. The molecule has 2 amide bonds. The molecule has 0 saturated heterocycles. The molecule has 5 heteroatoms. The molecule has 1 aromatic rings. The van der Waals surface area contributed by atoms with E-state index in [1.54, 1.807) is 0 Å². The van der Waals surface area contributed by atoms with Crippen LogP contribution in [0.4, 0.5) is 10.5 Å². The van der Waals surface area contributed by atoms with E-state index in [9.17, 15) is 9.90 Å². The third-order valence-electron chi connectivity index (χ3n) is 3.41. The fourth-order valence-electron chi connectivity index (χ4n) is 2.32. The van der Waals surface area contributed by atoms with E-state index in [-0.39, 0.29) is 12.6 Å². The Hall–Kier alpha value is -1.75. The van der Waals surface area contributed by atoms with E-state index in [0.29, 0.717) is 6.54 Å². The molecule has 1 atom stereocenters. The minimum absolute atomic E-state index is 0.223. The van der Waals surface area contributed by atoms with E-state index in [1.807, 2.05) is 25.1 Å². The van der Waals surface area contributed by atoms with E-state index in [4.69, 9.17) is 0 Å². The molecule has 0 aliphatic carbocycles. The minimum atomic E-state index is -0.668. The Bertz CT molecular complexity index is 462. The second kappa shape index (κ2) is 5.93. The molecular formula is C14H21N3O2. The first-order chi connectivity index (χ1) is 9.11. The molecule has 0 unspecified atom stereocenters. The van der Waals surface area contributed by atoms with Gasteiger partial charge < -0.3 is 20.6 Å². The van der Waals surface area contributed by atoms with Crippen molar-refractivity contribution >= 4 is 11.7 Å². The molecule has 0 spiro atoms. The van der Waals surface area contributed by atoms with Crippen molar-refractivity contribution in [1.29, 1.82) is 0 Å². The largest absolute Gasteiger partial charge is 0.387 e. The maximum absolute atomic E-state index is 11.3. The monoisotopic (exact) mass is 263 g/mol. The summed E-state index contributed by atoms with van der Waals surface area (Å²) >= 11 is 0. The summed E-state index contributed by atoms with van der Waals surface area (Å²) in [5.74, 6) is 0. The highest BCUT2D eigenvalue weighted by molar-refractivity contribution is 5.73. The smallest absolute Gasteiger partial charge is 0.314 e. The summed E-state index contributed by atoms with van der Waals surface area (Å²) in [5.41, 5.74) is 3.34. The maximum Gasteiger partial charge on any atom is 0.314 e. The van der Waals surface area contributed by atoms with Crippen LogP contribution in [0.15, 0.2) is 18.2 Å². The number of carbonyl (C=O) groups is 1. The van der Waals surface area contributed by atoms with Crippen molar-refractivity contribution in [3.8, 4) is 0 Å². The van der Waals surface area contributed by atoms with Crippen LogP contribution in [-0.4, -0.2) is 37.8 Å². The Morgan fingerprint density at radius 1 is 1.47 bits per heavy atom. The zero-order valence-corrected chi connectivity index (χ0v) is 11.4. The fraction of sp³-hybridized carbons (Fsp3) is 0.500. The number of nitrogens with zero attached hydrogens (tertiary/aromatic N) is 1. The Labute approximate surface area is 113 Å². The van der Waals surface area contributed by atoms with Crippen LogP contribution < -0.4 is 15.5 Å². The standard InChI is InChI=1S/C14H21N3O2/c1-3-15-14(19)16-9-13(18)11-4-5-12-10(8-11)6-7-17(12)2/h4-5,8,13,18H,3,6-7,9H2,1-2H3,(H2,15,16,19)/t13-/m0/s1. The lowest BCUT2D eigenvalue weighted by Gasteiger charge is -2.15. The van der Waals surface area contributed by atoms with Crippen LogP contribution in [0.2, 0.25) is 0 Å². The molecule has 104 valence electrons. The van der Waals surface area contributed by atoms with Gasteiger partial charge in [0, 0.05) is 32.4 Å². The van der Waals surface area contributed by atoms with Gasteiger partial charge in [0.1, 0.15) is 0 Å². The number of nitrogens with one attached hydrogen (secondary N) is 2. The lowest BCUT2D eigenvalue weighted by Crippen LogP contribution is -2.37. The number of urea groups is 1. The van der Waals surface area contributed by atoms with Gasteiger partial charge in [-0.05, 0) is 30.5 Å². The van der Waals surface area contributed by atoms with Crippen molar-refractivity contribution in [3.05, 3.63) is 29.3 Å². The van der Waals surface area contributed by atoms with E-state index >= 15 is 0 Å². The summed E-state index contributed by atoms with van der Waals surface area (Å²) in [7, 11) is 2.07. The molecule has 19 heavy (non-hydrogen) atoms. The summed E-state index contributed by atoms with van der Waals surface area (Å²) < 4.78 is 0. The highest BCUT2D eigenvalue weighted by Crippen LogP contribution is 2.29. The number of aliphatic hydroxyl groups is 1. The van der Waals surface area contributed by atoms with Gasteiger partial charge in [0.2, 0.25) is 0 Å². The highest BCUT2D eigenvalue weighted by Gasteiger charge is 2.18. The first kappa shape index (κ1) is 13.7. The summed E-state index contributed by atoms with van der Waals surface area (Å²) in [6, 6.07) is 5.74. The maximum atomic E-state index is 11.3. The second-order valence-electron chi connectivity index (χ2n) is 4.82. The molecule has 1 aromatic carbocycles. The summed E-state index contributed by atoms with van der Waals surface area (Å²) in [6.07, 6.45) is 0.342. The number of amides is 2. The Morgan fingerprint density at radius 2 is 2.26 bits per heavy atom. The third kappa shape index (κ3) is 3.17. The molecule has 0 saturated carbocycles. The predicted molar refractivity (Wildman–Crippen MR) is 75.5 cm³/mol. The van der Waals surface area contributed by atoms with Crippen molar-refractivity contribution in [2.45, 2.75) is 19.4 Å². The first-order valence-electron chi connectivity index (χ1n) is 6.65. The number of aliphatic hydroxyl groups excluding tert-OH is 1. The number of benzene rings is 1. The van der Waals surface area contributed by atoms with Crippen LogP contribution in [0.1, 0.15) is 24.2 Å². The number of carbonyl (C=O) groups excluding carboxylic acids is 1. The zero-order chi connectivity index (χ0) is 13.8.